The molecule has 0 spiro atoms. The summed E-state index contributed by atoms with van der Waals surface area (Å²) in [5.41, 5.74) is 0. The molecule has 0 fully saturated rings. The maximum absolute atomic E-state index is 11.7. The smallest absolute Gasteiger partial charge is 0.315 e. The minimum atomic E-state index is -0.119. The number of imidazole rings is 1. The summed E-state index contributed by atoms with van der Waals surface area (Å²) in [6.07, 6.45) is 6.33. The topological polar surface area (TPSA) is 59.0 Å². The highest BCUT2D eigenvalue weighted by atomic mass is 32.1. The number of carbonyl (C=O) groups is 1. The summed E-state index contributed by atoms with van der Waals surface area (Å²) in [7, 11) is 0. The summed E-state index contributed by atoms with van der Waals surface area (Å²) < 4.78 is 1.99. The van der Waals surface area contributed by atoms with Crippen molar-refractivity contribution in [3.8, 4) is 0 Å². The standard InChI is InChI=1S/C13H18N4OS/c1-11(12-4-2-9-19-12)16-13(18)15-5-3-7-17-8-6-14-10-17/h2,4,6,8-11H,3,5,7H2,1H3,(H2,15,16,18)/t11-/m1/s1. The average Bonchev–Trinajstić information content (AvgIpc) is 3.07. The van der Waals surface area contributed by atoms with Crippen molar-refractivity contribution in [2.75, 3.05) is 6.54 Å². The Morgan fingerprint density at radius 3 is 3.16 bits per heavy atom. The average molecular weight is 278 g/mol. The van der Waals surface area contributed by atoms with Crippen LogP contribution in [0.3, 0.4) is 0 Å². The first-order chi connectivity index (χ1) is 9.25. The van der Waals surface area contributed by atoms with Crippen molar-refractivity contribution in [1.82, 2.24) is 20.2 Å². The molecule has 1 atom stereocenters. The van der Waals surface area contributed by atoms with Gasteiger partial charge in [-0.15, -0.1) is 11.3 Å². The van der Waals surface area contributed by atoms with Gasteiger partial charge in [0.05, 0.1) is 12.4 Å². The number of nitrogens with one attached hydrogen (secondary N) is 2. The first-order valence-electron chi connectivity index (χ1n) is 6.29. The van der Waals surface area contributed by atoms with Gasteiger partial charge in [0, 0.05) is 30.4 Å². The molecule has 6 heteroatoms. The van der Waals surface area contributed by atoms with Crippen LogP contribution in [0.1, 0.15) is 24.3 Å². The molecule has 0 aliphatic heterocycles. The molecule has 102 valence electrons. The first kappa shape index (κ1) is 13.6. The van der Waals surface area contributed by atoms with Crippen LogP contribution in [0.25, 0.3) is 0 Å². The lowest BCUT2D eigenvalue weighted by Gasteiger charge is -2.13. The van der Waals surface area contributed by atoms with Crippen LogP contribution in [0.15, 0.2) is 36.2 Å². The second-order valence-corrected chi connectivity index (χ2v) is 5.27. The molecule has 2 rings (SSSR count). The molecule has 0 aliphatic carbocycles. The number of urea groups is 1. The lowest BCUT2D eigenvalue weighted by atomic mass is 10.3. The van der Waals surface area contributed by atoms with Crippen LogP contribution in [-0.2, 0) is 6.54 Å². The number of hydrogen-bond donors (Lipinski definition) is 2. The highest BCUT2D eigenvalue weighted by molar-refractivity contribution is 7.10. The van der Waals surface area contributed by atoms with Gasteiger partial charge in [0.1, 0.15) is 0 Å². The predicted molar refractivity (Wildman–Crippen MR) is 76.1 cm³/mol. The fraction of sp³-hybridized carbons (Fsp3) is 0.385. The van der Waals surface area contributed by atoms with Crippen molar-refractivity contribution in [1.29, 1.82) is 0 Å². The third-order valence-corrected chi connectivity index (χ3v) is 3.81. The van der Waals surface area contributed by atoms with Crippen LogP contribution in [0.4, 0.5) is 4.79 Å². The van der Waals surface area contributed by atoms with Crippen molar-refractivity contribution in [2.45, 2.75) is 25.9 Å². The molecule has 0 aromatic carbocycles. The van der Waals surface area contributed by atoms with E-state index in [2.05, 4.69) is 15.6 Å². The largest absolute Gasteiger partial charge is 0.338 e. The molecule has 2 amide bonds. The van der Waals surface area contributed by atoms with E-state index in [9.17, 15) is 4.79 Å². The minimum absolute atomic E-state index is 0.0497. The van der Waals surface area contributed by atoms with Gasteiger partial charge in [0.15, 0.2) is 0 Å². The van der Waals surface area contributed by atoms with E-state index in [1.165, 1.54) is 0 Å². The number of hydrogen-bond acceptors (Lipinski definition) is 3. The molecule has 0 unspecified atom stereocenters. The minimum Gasteiger partial charge on any atom is -0.338 e. The Kier molecular flexibility index (Phi) is 4.97. The zero-order valence-corrected chi connectivity index (χ0v) is 11.7. The van der Waals surface area contributed by atoms with Gasteiger partial charge in [0.2, 0.25) is 0 Å². The first-order valence-corrected chi connectivity index (χ1v) is 7.17. The van der Waals surface area contributed by atoms with E-state index in [4.69, 9.17) is 0 Å². The van der Waals surface area contributed by atoms with Crippen LogP contribution < -0.4 is 10.6 Å². The van der Waals surface area contributed by atoms with E-state index in [1.54, 1.807) is 23.9 Å². The van der Waals surface area contributed by atoms with Gasteiger partial charge in [-0.3, -0.25) is 0 Å². The molecule has 0 saturated heterocycles. The normalized spacial score (nSPS) is 12.1. The Morgan fingerprint density at radius 1 is 1.58 bits per heavy atom. The number of nitrogens with zero attached hydrogens (tertiary/aromatic N) is 2. The molecule has 2 aromatic rings. The van der Waals surface area contributed by atoms with Crippen molar-refractivity contribution in [3.05, 3.63) is 41.1 Å². The van der Waals surface area contributed by atoms with E-state index in [0.717, 1.165) is 17.8 Å². The molecule has 0 aliphatic rings. The number of aromatic nitrogens is 2. The van der Waals surface area contributed by atoms with E-state index in [1.807, 2.05) is 35.2 Å². The third-order valence-electron chi connectivity index (χ3n) is 2.76. The van der Waals surface area contributed by atoms with Crippen LogP contribution in [-0.4, -0.2) is 22.1 Å². The lowest BCUT2D eigenvalue weighted by Crippen LogP contribution is -2.37. The highest BCUT2D eigenvalue weighted by Crippen LogP contribution is 2.17. The number of amides is 2. The number of thiophene rings is 1. The van der Waals surface area contributed by atoms with Gasteiger partial charge in [-0.05, 0) is 24.8 Å². The molecule has 2 aromatic heterocycles. The molecule has 2 heterocycles. The van der Waals surface area contributed by atoms with Crippen LogP contribution in [0.5, 0.6) is 0 Å². The Bertz CT molecular complexity index is 481. The second kappa shape index (κ2) is 6.94. The molecule has 0 saturated carbocycles. The van der Waals surface area contributed by atoms with Crippen molar-refractivity contribution >= 4 is 17.4 Å². The van der Waals surface area contributed by atoms with Crippen molar-refractivity contribution in [2.24, 2.45) is 0 Å². The highest BCUT2D eigenvalue weighted by Gasteiger charge is 2.09. The monoisotopic (exact) mass is 278 g/mol. The Hall–Kier alpha value is -1.82. The van der Waals surface area contributed by atoms with Crippen LogP contribution in [0.2, 0.25) is 0 Å². The zero-order chi connectivity index (χ0) is 13.5. The van der Waals surface area contributed by atoms with Gasteiger partial charge in [-0.1, -0.05) is 6.07 Å². The Balaban J connectivity index is 1.62. The van der Waals surface area contributed by atoms with Gasteiger partial charge < -0.3 is 15.2 Å². The number of aryl methyl sites for hydroxylation is 1. The third kappa shape index (κ3) is 4.40. The van der Waals surface area contributed by atoms with E-state index < -0.39 is 0 Å². The fourth-order valence-corrected chi connectivity index (χ4v) is 2.47. The van der Waals surface area contributed by atoms with Crippen molar-refractivity contribution < 1.29 is 4.79 Å². The van der Waals surface area contributed by atoms with Crippen LogP contribution in [0, 0.1) is 0 Å². The second-order valence-electron chi connectivity index (χ2n) is 4.29. The van der Waals surface area contributed by atoms with Gasteiger partial charge >= 0.3 is 6.03 Å². The summed E-state index contributed by atoms with van der Waals surface area (Å²) in [6, 6.07) is 3.94. The van der Waals surface area contributed by atoms with E-state index in [-0.39, 0.29) is 12.1 Å². The van der Waals surface area contributed by atoms with E-state index in [0.29, 0.717) is 6.54 Å². The quantitative estimate of drug-likeness (QED) is 0.797. The van der Waals surface area contributed by atoms with Gasteiger partial charge in [0.25, 0.3) is 0 Å². The fourth-order valence-electron chi connectivity index (χ4n) is 1.74. The summed E-state index contributed by atoms with van der Waals surface area (Å²) in [5, 5.41) is 7.79. The molecule has 0 bridgehead atoms. The maximum atomic E-state index is 11.7. The summed E-state index contributed by atoms with van der Waals surface area (Å²) >= 11 is 1.65. The summed E-state index contributed by atoms with van der Waals surface area (Å²) in [5.74, 6) is 0. The predicted octanol–water partition coefficient (Wildman–Crippen LogP) is 2.40. The van der Waals surface area contributed by atoms with Crippen molar-refractivity contribution in [3.63, 3.8) is 0 Å². The molecule has 19 heavy (non-hydrogen) atoms. The van der Waals surface area contributed by atoms with Crippen LogP contribution >= 0.6 is 11.3 Å². The summed E-state index contributed by atoms with van der Waals surface area (Å²) in [6.45, 7) is 3.50. The maximum Gasteiger partial charge on any atom is 0.315 e. The lowest BCUT2D eigenvalue weighted by molar-refractivity contribution is 0.238. The van der Waals surface area contributed by atoms with Gasteiger partial charge in [-0.25, -0.2) is 9.78 Å². The molecule has 2 N–H and O–H groups in total. The summed E-state index contributed by atoms with van der Waals surface area (Å²) in [4.78, 5) is 16.8. The molecular formula is C13H18N4OS. The molecule has 0 radical (unpaired) electrons. The molecular weight excluding hydrogens is 260 g/mol. The Labute approximate surface area is 116 Å². The van der Waals surface area contributed by atoms with Gasteiger partial charge in [-0.2, -0.15) is 0 Å². The number of carbonyl (C=O) groups excluding carboxylic acids is 1. The number of rotatable bonds is 6. The zero-order valence-electron chi connectivity index (χ0n) is 10.9. The SMILES string of the molecule is C[C@@H](NC(=O)NCCCn1ccnc1)c1cccs1. The molecule has 5 nitrogen and oxygen atoms in total. The van der Waals surface area contributed by atoms with E-state index >= 15 is 0 Å². The Morgan fingerprint density at radius 2 is 2.47 bits per heavy atom.